The van der Waals surface area contributed by atoms with Crippen molar-refractivity contribution in [3.8, 4) is 5.88 Å². The number of hydrogen-bond acceptors (Lipinski definition) is 4. The zero-order valence-corrected chi connectivity index (χ0v) is 11.4. The van der Waals surface area contributed by atoms with E-state index < -0.39 is 0 Å². The predicted octanol–water partition coefficient (Wildman–Crippen LogP) is 2.94. The van der Waals surface area contributed by atoms with Gasteiger partial charge in [-0.05, 0) is 5.92 Å². The molecule has 1 unspecified atom stereocenters. The van der Waals surface area contributed by atoms with E-state index >= 15 is 0 Å². The molecule has 17 heavy (non-hydrogen) atoms. The third-order valence-corrected chi connectivity index (χ3v) is 3.40. The van der Waals surface area contributed by atoms with Gasteiger partial charge in [-0.2, -0.15) is 0 Å². The number of halogens is 1. The second-order valence-electron chi connectivity index (χ2n) is 3.92. The Bertz CT molecular complexity index is 331. The normalized spacial score (nSPS) is 12.5. The molecule has 0 aliphatic rings. The summed E-state index contributed by atoms with van der Waals surface area (Å²) in [4.78, 5) is 8.06. The van der Waals surface area contributed by atoms with Crippen LogP contribution in [-0.2, 0) is 0 Å². The quantitative estimate of drug-likeness (QED) is 0.763. The largest absolute Gasteiger partial charge is 0.481 e. The maximum absolute atomic E-state index is 6.33. The van der Waals surface area contributed by atoms with Crippen molar-refractivity contribution in [2.45, 2.75) is 32.1 Å². The Morgan fingerprint density at radius 1 is 1.35 bits per heavy atom. The molecule has 1 rings (SSSR count). The Labute approximate surface area is 108 Å². The first-order valence-electron chi connectivity index (χ1n) is 5.95. The number of methoxy groups -OCH3 is 1. The minimum atomic E-state index is 0.117. The fourth-order valence-electron chi connectivity index (χ4n) is 1.72. The Kier molecular flexibility index (Phi) is 6.05. The van der Waals surface area contributed by atoms with Crippen molar-refractivity contribution in [2.75, 3.05) is 19.0 Å². The molecule has 0 aliphatic carbocycles. The van der Waals surface area contributed by atoms with Gasteiger partial charge in [-0.25, -0.2) is 9.97 Å². The van der Waals surface area contributed by atoms with Gasteiger partial charge in [0.1, 0.15) is 12.1 Å². The van der Waals surface area contributed by atoms with Crippen LogP contribution in [0.3, 0.4) is 0 Å². The average Bonchev–Trinajstić information content (AvgIpc) is 2.38. The number of nitrogens with zero attached hydrogens (tertiary/aromatic N) is 2. The highest BCUT2D eigenvalue weighted by Crippen LogP contribution is 2.19. The summed E-state index contributed by atoms with van der Waals surface area (Å²) in [5, 5.41) is 3.32. The van der Waals surface area contributed by atoms with E-state index in [1.165, 1.54) is 6.33 Å². The first-order chi connectivity index (χ1) is 8.21. The van der Waals surface area contributed by atoms with Gasteiger partial charge < -0.3 is 10.1 Å². The Hall–Kier alpha value is -1.03. The van der Waals surface area contributed by atoms with E-state index in [0.29, 0.717) is 18.3 Å². The molecule has 1 atom stereocenters. The molecule has 1 aromatic heterocycles. The van der Waals surface area contributed by atoms with Crippen molar-refractivity contribution in [1.82, 2.24) is 9.97 Å². The predicted molar refractivity (Wildman–Crippen MR) is 70.8 cm³/mol. The van der Waals surface area contributed by atoms with E-state index in [-0.39, 0.29) is 5.38 Å². The maximum atomic E-state index is 6.33. The van der Waals surface area contributed by atoms with Gasteiger partial charge in [0.25, 0.3) is 0 Å². The zero-order valence-electron chi connectivity index (χ0n) is 10.6. The topological polar surface area (TPSA) is 47.0 Å². The Morgan fingerprint density at radius 2 is 2.06 bits per heavy atom. The molecule has 5 heteroatoms. The number of anilines is 1. The second-order valence-corrected chi connectivity index (χ2v) is 4.48. The third-order valence-electron chi connectivity index (χ3n) is 2.89. The van der Waals surface area contributed by atoms with Crippen molar-refractivity contribution < 1.29 is 4.74 Å². The lowest BCUT2D eigenvalue weighted by Crippen LogP contribution is -2.23. The lowest BCUT2D eigenvalue weighted by Gasteiger charge is -2.19. The molecular weight excluding hydrogens is 238 g/mol. The molecule has 0 fully saturated rings. The van der Waals surface area contributed by atoms with Crippen LogP contribution in [0, 0.1) is 5.92 Å². The molecule has 0 radical (unpaired) electrons. The highest BCUT2D eigenvalue weighted by Gasteiger charge is 2.15. The van der Waals surface area contributed by atoms with Gasteiger partial charge in [0.15, 0.2) is 0 Å². The summed E-state index contributed by atoms with van der Waals surface area (Å²) in [6.07, 6.45) is 3.67. The van der Waals surface area contributed by atoms with Gasteiger partial charge in [-0.3, -0.25) is 0 Å². The van der Waals surface area contributed by atoms with Crippen LogP contribution < -0.4 is 10.1 Å². The maximum Gasteiger partial charge on any atom is 0.218 e. The van der Waals surface area contributed by atoms with Gasteiger partial charge in [0.05, 0.1) is 12.5 Å². The molecule has 0 bridgehead atoms. The van der Waals surface area contributed by atoms with Gasteiger partial charge in [-0.15, -0.1) is 11.6 Å². The van der Waals surface area contributed by atoms with Crippen molar-refractivity contribution in [3.05, 3.63) is 12.4 Å². The lowest BCUT2D eigenvalue weighted by atomic mass is 9.99. The molecule has 0 saturated heterocycles. The van der Waals surface area contributed by atoms with Crippen LogP contribution in [0.4, 0.5) is 5.82 Å². The molecule has 0 aliphatic heterocycles. The van der Waals surface area contributed by atoms with Gasteiger partial charge in [0.2, 0.25) is 5.88 Å². The van der Waals surface area contributed by atoms with Crippen LogP contribution in [0.2, 0.25) is 0 Å². The molecule has 1 N–H and O–H groups in total. The standard InChI is InChI=1S/C12H20ClN3O/c1-4-9(5-2)10(13)7-14-11-6-12(17-3)16-8-15-11/h6,8-10H,4-5,7H2,1-3H3,(H,14,15,16). The molecule has 1 aromatic rings. The number of aromatic nitrogens is 2. The SMILES string of the molecule is CCC(CC)C(Cl)CNc1cc(OC)ncn1. The van der Waals surface area contributed by atoms with Crippen LogP contribution in [-0.4, -0.2) is 29.0 Å². The average molecular weight is 258 g/mol. The smallest absolute Gasteiger partial charge is 0.218 e. The zero-order chi connectivity index (χ0) is 12.7. The van der Waals surface area contributed by atoms with E-state index in [4.69, 9.17) is 16.3 Å². The van der Waals surface area contributed by atoms with Crippen molar-refractivity contribution in [2.24, 2.45) is 5.92 Å². The van der Waals surface area contributed by atoms with E-state index in [9.17, 15) is 0 Å². The van der Waals surface area contributed by atoms with E-state index in [1.807, 2.05) is 0 Å². The summed E-state index contributed by atoms with van der Waals surface area (Å²) in [5.74, 6) is 1.83. The first-order valence-corrected chi connectivity index (χ1v) is 6.38. The fraction of sp³-hybridized carbons (Fsp3) is 0.667. The number of ether oxygens (including phenoxy) is 1. The second kappa shape index (κ2) is 7.33. The van der Waals surface area contributed by atoms with Gasteiger partial charge in [0, 0.05) is 12.6 Å². The molecule has 4 nitrogen and oxygen atoms in total. The molecule has 0 spiro atoms. The summed E-state index contributed by atoms with van der Waals surface area (Å²) < 4.78 is 5.03. The summed E-state index contributed by atoms with van der Waals surface area (Å²) in [5.41, 5.74) is 0. The molecule has 0 saturated carbocycles. The number of hydrogen-bond donors (Lipinski definition) is 1. The van der Waals surface area contributed by atoms with Crippen molar-refractivity contribution in [1.29, 1.82) is 0 Å². The molecule has 96 valence electrons. The van der Waals surface area contributed by atoms with Crippen LogP contribution in [0.15, 0.2) is 12.4 Å². The van der Waals surface area contributed by atoms with Gasteiger partial charge >= 0.3 is 0 Å². The van der Waals surface area contributed by atoms with Crippen molar-refractivity contribution in [3.63, 3.8) is 0 Å². The van der Waals surface area contributed by atoms with E-state index in [0.717, 1.165) is 18.7 Å². The Balaban J connectivity index is 2.49. The first kappa shape index (κ1) is 14.0. The number of nitrogens with one attached hydrogen (secondary N) is 1. The van der Waals surface area contributed by atoms with Crippen LogP contribution >= 0.6 is 11.6 Å². The summed E-state index contributed by atoms with van der Waals surface area (Å²) in [6, 6.07) is 1.76. The number of rotatable bonds is 7. The van der Waals surface area contributed by atoms with Crippen LogP contribution in [0.5, 0.6) is 5.88 Å². The highest BCUT2D eigenvalue weighted by atomic mass is 35.5. The third kappa shape index (κ3) is 4.38. The minimum Gasteiger partial charge on any atom is -0.481 e. The lowest BCUT2D eigenvalue weighted by molar-refractivity contribution is 0.397. The monoisotopic (exact) mass is 257 g/mol. The van der Waals surface area contributed by atoms with Crippen LogP contribution in [0.1, 0.15) is 26.7 Å². The fourth-order valence-corrected chi connectivity index (χ4v) is 2.15. The molecular formula is C12H20ClN3O. The van der Waals surface area contributed by atoms with Gasteiger partial charge in [-0.1, -0.05) is 26.7 Å². The Morgan fingerprint density at radius 3 is 2.65 bits per heavy atom. The van der Waals surface area contributed by atoms with Crippen LogP contribution in [0.25, 0.3) is 0 Å². The molecule has 0 aromatic carbocycles. The summed E-state index contributed by atoms with van der Waals surface area (Å²) in [7, 11) is 1.58. The molecule has 0 amide bonds. The highest BCUT2D eigenvalue weighted by molar-refractivity contribution is 6.21. The molecule has 1 heterocycles. The van der Waals surface area contributed by atoms with Crippen molar-refractivity contribution >= 4 is 17.4 Å². The minimum absolute atomic E-state index is 0.117. The van der Waals surface area contributed by atoms with E-state index in [1.54, 1.807) is 13.2 Å². The number of alkyl halides is 1. The van der Waals surface area contributed by atoms with E-state index in [2.05, 4.69) is 29.1 Å². The summed E-state index contributed by atoms with van der Waals surface area (Å²) in [6.45, 7) is 5.03. The summed E-state index contributed by atoms with van der Waals surface area (Å²) >= 11 is 6.33.